The summed E-state index contributed by atoms with van der Waals surface area (Å²) in [6, 6.07) is 10.5. The van der Waals surface area contributed by atoms with Gasteiger partial charge in [0.15, 0.2) is 0 Å². The topological polar surface area (TPSA) is 46.3 Å². The lowest BCUT2D eigenvalue weighted by Crippen LogP contribution is -2.30. The number of nitrogens with zero attached hydrogens (tertiary/aromatic N) is 1. The van der Waals surface area contributed by atoms with E-state index in [-0.39, 0.29) is 5.91 Å². The Morgan fingerprint density at radius 2 is 1.95 bits per heavy atom. The molecule has 3 heteroatoms. The summed E-state index contributed by atoms with van der Waals surface area (Å²) >= 11 is 0. The highest BCUT2D eigenvalue weighted by atomic mass is 16.1. The molecule has 0 radical (unpaired) electrons. The van der Waals surface area contributed by atoms with Gasteiger partial charge in [-0.15, -0.1) is 0 Å². The fourth-order valence-corrected chi connectivity index (χ4v) is 2.69. The van der Waals surface area contributed by atoms with Crippen LogP contribution in [0.5, 0.6) is 0 Å². The molecule has 0 atom stereocenters. The second-order valence-corrected chi connectivity index (χ2v) is 5.56. The van der Waals surface area contributed by atoms with Crippen LogP contribution in [0.15, 0.2) is 42.6 Å². The van der Waals surface area contributed by atoms with E-state index in [0.29, 0.717) is 12.3 Å². The summed E-state index contributed by atoms with van der Waals surface area (Å²) < 4.78 is 0. The Morgan fingerprint density at radius 1 is 1.25 bits per heavy atom. The summed E-state index contributed by atoms with van der Waals surface area (Å²) in [5.41, 5.74) is 6.54. The molecule has 1 aliphatic heterocycles. The smallest absolute Gasteiger partial charge is 0.217 e. The van der Waals surface area contributed by atoms with Crippen LogP contribution >= 0.6 is 0 Å². The quantitative estimate of drug-likeness (QED) is 0.865. The molecule has 1 saturated heterocycles. The molecule has 1 fully saturated rings. The molecule has 108 valence electrons. The number of rotatable bonds is 6. The Hall–Kier alpha value is -1.77. The van der Waals surface area contributed by atoms with Crippen molar-refractivity contribution >= 4 is 5.91 Å². The van der Waals surface area contributed by atoms with Crippen molar-refractivity contribution in [3.05, 3.63) is 48.2 Å². The molecule has 0 saturated carbocycles. The largest absolute Gasteiger partial charge is 0.378 e. The SMILES string of the molecule is NC(=O)CCC1CCN(C=CCc2ccccc2)CC1. The third kappa shape index (κ3) is 5.08. The maximum Gasteiger partial charge on any atom is 0.217 e. The van der Waals surface area contributed by atoms with E-state index in [1.54, 1.807) is 0 Å². The van der Waals surface area contributed by atoms with Gasteiger partial charge >= 0.3 is 0 Å². The summed E-state index contributed by atoms with van der Waals surface area (Å²) in [7, 11) is 0. The second kappa shape index (κ2) is 7.73. The number of allylic oxidation sites excluding steroid dienone is 1. The van der Waals surface area contributed by atoms with Gasteiger partial charge in [0.25, 0.3) is 0 Å². The number of benzene rings is 1. The van der Waals surface area contributed by atoms with Gasteiger partial charge in [-0.2, -0.15) is 0 Å². The number of amides is 1. The first-order valence-corrected chi connectivity index (χ1v) is 7.47. The van der Waals surface area contributed by atoms with E-state index in [9.17, 15) is 4.79 Å². The Kier molecular flexibility index (Phi) is 5.66. The van der Waals surface area contributed by atoms with E-state index in [0.717, 1.165) is 25.9 Å². The third-order valence-electron chi connectivity index (χ3n) is 3.96. The van der Waals surface area contributed by atoms with Gasteiger partial charge in [0, 0.05) is 19.5 Å². The Morgan fingerprint density at radius 3 is 2.60 bits per heavy atom. The highest BCUT2D eigenvalue weighted by Crippen LogP contribution is 2.21. The fraction of sp³-hybridized carbons (Fsp3) is 0.471. The second-order valence-electron chi connectivity index (χ2n) is 5.56. The lowest BCUT2D eigenvalue weighted by molar-refractivity contribution is -0.118. The molecule has 0 aromatic heterocycles. The van der Waals surface area contributed by atoms with Crippen LogP contribution in [0, 0.1) is 5.92 Å². The average Bonchev–Trinajstić information content (AvgIpc) is 2.47. The normalized spacial score (nSPS) is 16.7. The van der Waals surface area contributed by atoms with Crippen molar-refractivity contribution in [2.45, 2.75) is 32.1 Å². The number of likely N-dealkylation sites (tertiary alicyclic amines) is 1. The van der Waals surface area contributed by atoms with E-state index in [1.807, 2.05) is 6.07 Å². The number of hydrogen-bond donors (Lipinski definition) is 1. The number of primary amides is 1. The van der Waals surface area contributed by atoms with E-state index in [1.165, 1.54) is 18.4 Å². The first-order chi connectivity index (χ1) is 9.74. The van der Waals surface area contributed by atoms with Crippen LogP contribution in [-0.4, -0.2) is 23.9 Å². The van der Waals surface area contributed by atoms with Gasteiger partial charge in [-0.1, -0.05) is 36.4 Å². The molecule has 3 nitrogen and oxygen atoms in total. The summed E-state index contributed by atoms with van der Waals surface area (Å²) in [6.45, 7) is 2.18. The van der Waals surface area contributed by atoms with Crippen LogP contribution in [-0.2, 0) is 11.2 Å². The number of carbonyl (C=O) groups is 1. The van der Waals surface area contributed by atoms with Crippen molar-refractivity contribution in [2.24, 2.45) is 11.7 Å². The van der Waals surface area contributed by atoms with Crippen molar-refractivity contribution < 1.29 is 4.79 Å². The van der Waals surface area contributed by atoms with Gasteiger partial charge in [0.05, 0.1) is 0 Å². The van der Waals surface area contributed by atoms with Gasteiger partial charge in [0.2, 0.25) is 5.91 Å². The zero-order valence-corrected chi connectivity index (χ0v) is 12.0. The van der Waals surface area contributed by atoms with E-state index in [4.69, 9.17) is 5.73 Å². The number of nitrogens with two attached hydrogens (primary N) is 1. The van der Waals surface area contributed by atoms with Crippen molar-refractivity contribution in [3.8, 4) is 0 Å². The molecule has 0 aliphatic carbocycles. The van der Waals surface area contributed by atoms with Crippen LogP contribution in [0.3, 0.4) is 0 Å². The Labute approximate surface area is 121 Å². The molecule has 1 amide bonds. The minimum Gasteiger partial charge on any atom is -0.378 e. The maximum atomic E-state index is 10.8. The van der Waals surface area contributed by atoms with Crippen molar-refractivity contribution in [1.82, 2.24) is 4.90 Å². The van der Waals surface area contributed by atoms with Crippen LogP contribution in [0.2, 0.25) is 0 Å². The van der Waals surface area contributed by atoms with Gasteiger partial charge in [-0.25, -0.2) is 0 Å². The minimum atomic E-state index is -0.171. The van der Waals surface area contributed by atoms with Crippen molar-refractivity contribution in [2.75, 3.05) is 13.1 Å². The van der Waals surface area contributed by atoms with E-state index in [2.05, 4.69) is 41.4 Å². The summed E-state index contributed by atoms with van der Waals surface area (Å²) in [6.07, 6.45) is 9.27. The van der Waals surface area contributed by atoms with Crippen LogP contribution in [0.1, 0.15) is 31.2 Å². The van der Waals surface area contributed by atoms with Gasteiger partial charge in [0.1, 0.15) is 0 Å². The molecule has 1 aliphatic rings. The van der Waals surface area contributed by atoms with E-state index < -0.39 is 0 Å². The standard InChI is InChI=1S/C17H24N2O/c18-17(20)9-8-16-10-13-19(14-11-16)12-4-7-15-5-2-1-3-6-15/h1-6,12,16H,7-11,13-14H2,(H2,18,20). The summed E-state index contributed by atoms with van der Waals surface area (Å²) in [5, 5.41) is 0. The zero-order valence-electron chi connectivity index (χ0n) is 12.0. The van der Waals surface area contributed by atoms with Gasteiger partial charge in [-0.05, 0) is 43.4 Å². The number of hydrogen-bond acceptors (Lipinski definition) is 2. The highest BCUT2D eigenvalue weighted by Gasteiger charge is 2.17. The Balaban J connectivity index is 1.67. The fourth-order valence-electron chi connectivity index (χ4n) is 2.69. The van der Waals surface area contributed by atoms with Gasteiger partial charge in [-0.3, -0.25) is 4.79 Å². The van der Waals surface area contributed by atoms with Crippen molar-refractivity contribution in [1.29, 1.82) is 0 Å². The number of carbonyl (C=O) groups excluding carboxylic acids is 1. The van der Waals surface area contributed by atoms with Crippen LogP contribution < -0.4 is 5.73 Å². The first kappa shape index (κ1) is 14.6. The molecular weight excluding hydrogens is 248 g/mol. The summed E-state index contributed by atoms with van der Waals surface area (Å²) in [4.78, 5) is 13.2. The molecule has 1 aromatic rings. The predicted octanol–water partition coefficient (Wildman–Crippen LogP) is 2.72. The monoisotopic (exact) mass is 272 g/mol. The van der Waals surface area contributed by atoms with Gasteiger partial charge < -0.3 is 10.6 Å². The molecule has 1 heterocycles. The molecule has 2 N–H and O–H groups in total. The summed E-state index contributed by atoms with van der Waals surface area (Å²) in [5.74, 6) is 0.497. The number of piperidine rings is 1. The van der Waals surface area contributed by atoms with Crippen molar-refractivity contribution in [3.63, 3.8) is 0 Å². The lowest BCUT2D eigenvalue weighted by Gasteiger charge is -2.31. The third-order valence-corrected chi connectivity index (χ3v) is 3.96. The zero-order chi connectivity index (χ0) is 14.2. The predicted molar refractivity (Wildman–Crippen MR) is 82.0 cm³/mol. The molecule has 0 unspecified atom stereocenters. The average molecular weight is 272 g/mol. The highest BCUT2D eigenvalue weighted by molar-refractivity contribution is 5.73. The molecule has 1 aromatic carbocycles. The minimum absolute atomic E-state index is 0.171. The Bertz CT molecular complexity index is 434. The molecule has 0 bridgehead atoms. The van der Waals surface area contributed by atoms with E-state index >= 15 is 0 Å². The first-order valence-electron chi connectivity index (χ1n) is 7.47. The molecule has 20 heavy (non-hydrogen) atoms. The van der Waals surface area contributed by atoms with Crippen LogP contribution in [0.4, 0.5) is 0 Å². The maximum absolute atomic E-state index is 10.8. The molecule has 0 spiro atoms. The van der Waals surface area contributed by atoms with Crippen LogP contribution in [0.25, 0.3) is 0 Å². The lowest BCUT2D eigenvalue weighted by atomic mass is 9.92. The molecular formula is C17H24N2O. The molecule has 2 rings (SSSR count).